The van der Waals surface area contributed by atoms with E-state index in [-0.39, 0.29) is 11.9 Å². The number of hydrogen-bond donors (Lipinski definition) is 2. The minimum absolute atomic E-state index is 0.184. The van der Waals surface area contributed by atoms with E-state index in [9.17, 15) is 9.90 Å². The second kappa shape index (κ2) is 8.78. The van der Waals surface area contributed by atoms with Crippen LogP contribution in [0.25, 0.3) is 0 Å². The normalized spacial score (nSPS) is 21.0. The summed E-state index contributed by atoms with van der Waals surface area (Å²) in [7, 11) is 1.59. The first-order valence-corrected chi connectivity index (χ1v) is 8.91. The van der Waals surface area contributed by atoms with Crippen LogP contribution in [0.4, 0.5) is 0 Å². The number of pyridine rings is 1. The number of carbonyl (C=O) groups excluding carboxylic acids is 1. The van der Waals surface area contributed by atoms with Crippen molar-refractivity contribution >= 4 is 5.91 Å². The molecule has 0 saturated carbocycles. The van der Waals surface area contributed by atoms with Crippen LogP contribution < -0.4 is 10.1 Å². The lowest BCUT2D eigenvalue weighted by atomic mass is 10.1. The highest BCUT2D eigenvalue weighted by atomic mass is 16.5. The Morgan fingerprint density at radius 1 is 1.31 bits per heavy atom. The van der Waals surface area contributed by atoms with Crippen molar-refractivity contribution in [3.05, 3.63) is 59.9 Å². The van der Waals surface area contributed by atoms with Crippen molar-refractivity contribution < 1.29 is 14.6 Å². The van der Waals surface area contributed by atoms with Crippen LogP contribution in [0.3, 0.4) is 0 Å². The lowest BCUT2D eigenvalue weighted by molar-refractivity contribution is 0.0797. The van der Waals surface area contributed by atoms with E-state index in [0.29, 0.717) is 30.8 Å². The van der Waals surface area contributed by atoms with Gasteiger partial charge in [0.2, 0.25) is 0 Å². The van der Waals surface area contributed by atoms with Crippen LogP contribution in [0.15, 0.2) is 48.7 Å². The van der Waals surface area contributed by atoms with E-state index in [0.717, 1.165) is 18.7 Å². The van der Waals surface area contributed by atoms with E-state index >= 15 is 0 Å². The van der Waals surface area contributed by atoms with Gasteiger partial charge < -0.3 is 15.2 Å². The molecule has 1 aromatic carbocycles. The molecule has 1 aromatic heterocycles. The molecule has 138 valence electrons. The van der Waals surface area contributed by atoms with Crippen LogP contribution >= 0.6 is 0 Å². The van der Waals surface area contributed by atoms with Crippen molar-refractivity contribution in [1.82, 2.24) is 15.2 Å². The number of hydrogen-bond acceptors (Lipinski definition) is 5. The summed E-state index contributed by atoms with van der Waals surface area (Å²) in [4.78, 5) is 19.1. The fourth-order valence-corrected chi connectivity index (χ4v) is 3.22. The number of aliphatic hydroxyl groups is 1. The Kier molecular flexibility index (Phi) is 6.20. The molecule has 1 saturated heterocycles. The molecule has 2 heterocycles. The maximum Gasteiger partial charge on any atom is 0.251 e. The number of nitrogens with zero attached hydrogens (tertiary/aromatic N) is 2. The quantitative estimate of drug-likeness (QED) is 0.856. The number of likely N-dealkylation sites (tertiary alicyclic amines) is 1. The molecular formula is C20H25N3O3. The Balaban J connectivity index is 1.64. The highest BCUT2D eigenvalue weighted by Crippen LogP contribution is 2.16. The van der Waals surface area contributed by atoms with Gasteiger partial charge >= 0.3 is 0 Å². The molecule has 2 N–H and O–H groups in total. The van der Waals surface area contributed by atoms with Gasteiger partial charge in [-0.05, 0) is 55.8 Å². The summed E-state index contributed by atoms with van der Waals surface area (Å²) in [6.07, 6.45) is 2.80. The molecule has 1 aliphatic heterocycles. The zero-order chi connectivity index (χ0) is 18.4. The zero-order valence-corrected chi connectivity index (χ0v) is 15.0. The summed E-state index contributed by atoms with van der Waals surface area (Å²) in [6, 6.07) is 12.5. The molecule has 1 aliphatic rings. The summed E-state index contributed by atoms with van der Waals surface area (Å²) in [5.74, 6) is 0.522. The van der Waals surface area contributed by atoms with Crippen molar-refractivity contribution in [3.8, 4) is 5.75 Å². The lowest BCUT2D eigenvalue weighted by Crippen LogP contribution is -2.48. The fraction of sp³-hybridized carbons (Fsp3) is 0.400. The smallest absolute Gasteiger partial charge is 0.251 e. The molecule has 6 heteroatoms. The van der Waals surface area contributed by atoms with Gasteiger partial charge in [0.1, 0.15) is 5.75 Å². The highest BCUT2D eigenvalue weighted by molar-refractivity contribution is 5.94. The van der Waals surface area contributed by atoms with Crippen LogP contribution in [-0.2, 0) is 6.54 Å². The van der Waals surface area contributed by atoms with E-state index < -0.39 is 6.10 Å². The predicted molar refractivity (Wildman–Crippen MR) is 99.0 cm³/mol. The van der Waals surface area contributed by atoms with Crippen LogP contribution in [-0.4, -0.2) is 53.2 Å². The Morgan fingerprint density at radius 3 is 2.81 bits per heavy atom. The molecule has 0 radical (unpaired) electrons. The average molecular weight is 355 g/mol. The standard InChI is InChI=1S/C20H25N3O3/c1-26-17-9-7-15(8-10-17)20(25)22-18-14-23(12-4-6-19(18)24)13-16-5-2-3-11-21-16/h2-3,5,7-11,18-19,24H,4,6,12-14H2,1H3,(H,22,25). The second-order valence-electron chi connectivity index (χ2n) is 6.57. The number of nitrogens with one attached hydrogen (secondary N) is 1. The Morgan fingerprint density at radius 2 is 2.12 bits per heavy atom. The number of aromatic nitrogens is 1. The predicted octanol–water partition coefficient (Wildman–Crippen LogP) is 1.85. The third-order valence-corrected chi connectivity index (χ3v) is 4.67. The number of aliphatic hydroxyl groups excluding tert-OH is 1. The monoisotopic (exact) mass is 355 g/mol. The topological polar surface area (TPSA) is 74.7 Å². The van der Waals surface area contributed by atoms with Gasteiger partial charge in [-0.15, -0.1) is 0 Å². The van der Waals surface area contributed by atoms with Gasteiger partial charge in [-0.3, -0.25) is 14.7 Å². The maximum absolute atomic E-state index is 12.5. The van der Waals surface area contributed by atoms with Gasteiger partial charge in [0, 0.05) is 24.8 Å². The minimum atomic E-state index is -0.550. The zero-order valence-electron chi connectivity index (χ0n) is 15.0. The number of amides is 1. The molecule has 2 aromatic rings. The third kappa shape index (κ3) is 4.80. The SMILES string of the molecule is COc1ccc(C(=O)NC2CN(Cc3ccccn3)CCCC2O)cc1. The second-order valence-corrected chi connectivity index (χ2v) is 6.57. The van der Waals surface area contributed by atoms with Crippen LogP contribution in [0.2, 0.25) is 0 Å². The average Bonchev–Trinajstić information content (AvgIpc) is 2.84. The van der Waals surface area contributed by atoms with Gasteiger partial charge in [0.25, 0.3) is 5.91 Å². The largest absolute Gasteiger partial charge is 0.497 e. The fourth-order valence-electron chi connectivity index (χ4n) is 3.22. The van der Waals surface area contributed by atoms with Gasteiger partial charge in [0.05, 0.1) is 24.9 Å². The Hall–Kier alpha value is -2.44. The first kappa shape index (κ1) is 18.4. The summed E-state index contributed by atoms with van der Waals surface area (Å²) in [5, 5.41) is 13.4. The van der Waals surface area contributed by atoms with Crippen molar-refractivity contribution in [2.75, 3.05) is 20.2 Å². The Labute approximate surface area is 153 Å². The molecular weight excluding hydrogens is 330 g/mol. The Bertz CT molecular complexity index is 706. The van der Waals surface area contributed by atoms with Crippen molar-refractivity contribution in [2.24, 2.45) is 0 Å². The molecule has 2 atom stereocenters. The van der Waals surface area contributed by atoms with E-state index in [1.807, 2.05) is 18.2 Å². The molecule has 0 spiro atoms. The van der Waals surface area contributed by atoms with Gasteiger partial charge in [-0.1, -0.05) is 6.07 Å². The van der Waals surface area contributed by atoms with Gasteiger partial charge in [0.15, 0.2) is 0 Å². The summed E-state index contributed by atoms with van der Waals surface area (Å²) >= 11 is 0. The van der Waals surface area contributed by atoms with Gasteiger partial charge in [-0.25, -0.2) is 0 Å². The van der Waals surface area contributed by atoms with Crippen LogP contribution in [0.5, 0.6) is 5.75 Å². The molecule has 1 amide bonds. The summed E-state index contributed by atoms with van der Waals surface area (Å²) < 4.78 is 5.12. The third-order valence-electron chi connectivity index (χ3n) is 4.67. The molecule has 2 unspecified atom stereocenters. The van der Waals surface area contributed by atoms with E-state index in [2.05, 4.69) is 15.2 Å². The maximum atomic E-state index is 12.5. The number of methoxy groups -OCH3 is 1. The number of benzene rings is 1. The highest BCUT2D eigenvalue weighted by Gasteiger charge is 2.27. The molecule has 26 heavy (non-hydrogen) atoms. The number of carbonyl (C=O) groups is 1. The van der Waals surface area contributed by atoms with E-state index in [4.69, 9.17) is 4.74 Å². The minimum Gasteiger partial charge on any atom is -0.497 e. The molecule has 6 nitrogen and oxygen atoms in total. The summed E-state index contributed by atoms with van der Waals surface area (Å²) in [6.45, 7) is 2.19. The van der Waals surface area contributed by atoms with Crippen molar-refractivity contribution in [3.63, 3.8) is 0 Å². The first-order valence-electron chi connectivity index (χ1n) is 8.91. The van der Waals surface area contributed by atoms with Crippen LogP contribution in [0.1, 0.15) is 28.9 Å². The molecule has 0 bridgehead atoms. The number of rotatable bonds is 5. The van der Waals surface area contributed by atoms with E-state index in [1.54, 1.807) is 37.6 Å². The number of ether oxygens (including phenoxy) is 1. The van der Waals surface area contributed by atoms with Gasteiger partial charge in [-0.2, -0.15) is 0 Å². The van der Waals surface area contributed by atoms with E-state index in [1.165, 1.54) is 0 Å². The first-order chi connectivity index (χ1) is 12.7. The van der Waals surface area contributed by atoms with Crippen molar-refractivity contribution in [2.45, 2.75) is 31.5 Å². The molecule has 0 aliphatic carbocycles. The van der Waals surface area contributed by atoms with Crippen molar-refractivity contribution in [1.29, 1.82) is 0 Å². The lowest BCUT2D eigenvalue weighted by Gasteiger charge is -2.27. The summed E-state index contributed by atoms with van der Waals surface area (Å²) in [5.41, 5.74) is 1.54. The molecule has 1 fully saturated rings. The molecule has 3 rings (SSSR count). The van der Waals surface area contributed by atoms with Crippen LogP contribution in [0, 0.1) is 0 Å².